The summed E-state index contributed by atoms with van der Waals surface area (Å²) in [6.45, 7) is 12.7. The first-order chi connectivity index (χ1) is 33.5. The van der Waals surface area contributed by atoms with Crippen molar-refractivity contribution in [1.29, 1.82) is 0 Å². The van der Waals surface area contributed by atoms with E-state index in [-0.39, 0.29) is 17.8 Å². The molecule has 1 N–H and O–H groups in total. The molecule has 0 saturated carbocycles. The molecule has 0 radical (unpaired) electrons. The molecule has 11 aromatic rings. The van der Waals surface area contributed by atoms with Crippen LogP contribution in [0.2, 0.25) is 0 Å². The van der Waals surface area contributed by atoms with Crippen LogP contribution in [-0.4, -0.2) is 9.67 Å². The zero-order chi connectivity index (χ0) is 46.9. The number of aliphatic hydroxyl groups excluding tert-OH is 1. The number of nitrogens with zero attached hydrogens (tertiary/aromatic N) is 1. The van der Waals surface area contributed by atoms with E-state index in [0.29, 0.717) is 0 Å². The van der Waals surface area contributed by atoms with Crippen LogP contribution in [0, 0.1) is 0 Å². The molecule has 0 bridgehead atoms. The van der Waals surface area contributed by atoms with Crippen molar-refractivity contribution in [3.63, 3.8) is 0 Å². The largest absolute Gasteiger partial charge is 0.384 e. The highest BCUT2D eigenvalue weighted by molar-refractivity contribution is 6.09. The van der Waals surface area contributed by atoms with Crippen molar-refractivity contribution in [2.45, 2.75) is 65.4 Å². The van der Waals surface area contributed by atoms with Gasteiger partial charge in [0.2, 0.25) is 0 Å². The molecule has 1 aliphatic carbocycles. The fourth-order valence-corrected chi connectivity index (χ4v) is 10.9. The molecule has 68 heavy (non-hydrogen) atoms. The highest BCUT2D eigenvalue weighted by Gasteiger charge is 2.32. The molecular formula is C66H59NO. The molecule has 2 heteroatoms. The number of rotatable bonds is 8. The quantitative estimate of drug-likeness (QED) is 0.162. The van der Waals surface area contributed by atoms with Gasteiger partial charge < -0.3 is 9.67 Å². The van der Waals surface area contributed by atoms with E-state index in [2.05, 4.69) is 237 Å². The van der Waals surface area contributed by atoms with Gasteiger partial charge in [-0.1, -0.05) is 236 Å². The van der Waals surface area contributed by atoms with Crippen LogP contribution in [0.1, 0.15) is 115 Å². The number of benzene rings is 10. The zero-order valence-corrected chi connectivity index (χ0v) is 40.0. The van der Waals surface area contributed by atoms with Gasteiger partial charge >= 0.3 is 0 Å². The minimum Gasteiger partial charge on any atom is -0.384 e. The molecule has 10 aromatic carbocycles. The second kappa shape index (κ2) is 19.0. The Morgan fingerprint density at radius 3 is 1.24 bits per heavy atom. The molecule has 0 fully saturated rings. The third-order valence-electron chi connectivity index (χ3n) is 14.3. The number of fused-ring (bicyclic) bond motifs is 8. The first-order valence-corrected chi connectivity index (χ1v) is 24.6. The number of aromatic nitrogens is 1. The summed E-state index contributed by atoms with van der Waals surface area (Å²) in [6, 6.07) is 79.5. The van der Waals surface area contributed by atoms with E-state index >= 15 is 0 Å². The van der Waals surface area contributed by atoms with Crippen molar-refractivity contribution in [1.82, 2.24) is 4.57 Å². The Morgan fingerprint density at radius 1 is 0.382 bits per heavy atom. The first kappa shape index (κ1) is 44.3. The fraction of sp³-hybridized carbons (Fsp3) is 0.152. The van der Waals surface area contributed by atoms with E-state index in [1.54, 1.807) is 0 Å². The second-order valence-electron chi connectivity index (χ2n) is 17.7. The highest BCUT2D eigenvalue weighted by Crippen LogP contribution is 2.51. The van der Waals surface area contributed by atoms with E-state index in [1.807, 2.05) is 27.7 Å². The molecule has 2 nitrogen and oxygen atoms in total. The Labute approximate surface area is 401 Å². The zero-order valence-electron chi connectivity index (χ0n) is 40.0. The van der Waals surface area contributed by atoms with Gasteiger partial charge in [-0.15, -0.1) is 0 Å². The van der Waals surface area contributed by atoms with Gasteiger partial charge in [0, 0.05) is 34.2 Å². The normalized spacial score (nSPS) is 14.1. The molecule has 1 aliphatic rings. The Bertz CT molecular complexity index is 3360. The Hall–Kier alpha value is -7.52. The molecular weight excluding hydrogens is 823 g/mol. The van der Waals surface area contributed by atoms with Gasteiger partial charge in [0.15, 0.2) is 0 Å². The first-order valence-electron chi connectivity index (χ1n) is 24.6. The second-order valence-corrected chi connectivity index (χ2v) is 17.7. The molecule has 3 unspecified atom stereocenters. The Morgan fingerprint density at radius 2 is 0.765 bits per heavy atom. The van der Waals surface area contributed by atoms with Gasteiger partial charge in [-0.25, -0.2) is 0 Å². The van der Waals surface area contributed by atoms with E-state index < -0.39 is 6.10 Å². The van der Waals surface area contributed by atoms with Crippen LogP contribution < -0.4 is 0 Å². The summed E-state index contributed by atoms with van der Waals surface area (Å²) >= 11 is 0. The van der Waals surface area contributed by atoms with E-state index in [1.165, 1.54) is 93.4 Å². The fourth-order valence-electron chi connectivity index (χ4n) is 10.9. The molecule has 0 aliphatic heterocycles. The molecule has 1 aromatic heterocycles. The molecule has 0 saturated heterocycles. The maximum atomic E-state index is 11.8. The van der Waals surface area contributed by atoms with Crippen LogP contribution in [0.25, 0.3) is 60.2 Å². The van der Waals surface area contributed by atoms with E-state index in [4.69, 9.17) is 0 Å². The summed E-state index contributed by atoms with van der Waals surface area (Å²) in [5, 5.41) is 19.4. The lowest BCUT2D eigenvalue weighted by Gasteiger charge is -2.19. The van der Waals surface area contributed by atoms with E-state index in [0.717, 1.165) is 16.8 Å². The van der Waals surface area contributed by atoms with Gasteiger partial charge in [0.1, 0.15) is 6.10 Å². The summed E-state index contributed by atoms with van der Waals surface area (Å²) in [6.07, 6.45) is -0.749. The Balaban J connectivity index is 0.00000131. The molecule has 0 spiro atoms. The summed E-state index contributed by atoms with van der Waals surface area (Å²) in [7, 11) is 0. The lowest BCUT2D eigenvalue weighted by molar-refractivity contribution is 0.220. The lowest BCUT2D eigenvalue weighted by atomic mass is 9.85. The van der Waals surface area contributed by atoms with Gasteiger partial charge in [0.25, 0.3) is 0 Å². The van der Waals surface area contributed by atoms with Crippen LogP contribution >= 0.6 is 0 Å². The summed E-state index contributed by atoms with van der Waals surface area (Å²) in [4.78, 5) is 0. The van der Waals surface area contributed by atoms with E-state index in [9.17, 15) is 5.11 Å². The number of hydrogen-bond acceptors (Lipinski definition) is 1. The van der Waals surface area contributed by atoms with Crippen molar-refractivity contribution in [3.8, 4) is 16.8 Å². The molecule has 0 amide bonds. The van der Waals surface area contributed by atoms with Crippen LogP contribution in [0.15, 0.2) is 218 Å². The van der Waals surface area contributed by atoms with Crippen LogP contribution in [-0.2, 0) is 0 Å². The molecule has 334 valence electrons. The topological polar surface area (TPSA) is 25.2 Å². The predicted molar refractivity (Wildman–Crippen MR) is 290 cm³/mol. The van der Waals surface area contributed by atoms with Crippen LogP contribution in [0.5, 0.6) is 0 Å². The molecule has 3 atom stereocenters. The summed E-state index contributed by atoms with van der Waals surface area (Å²) in [5.74, 6) is 0.507. The third kappa shape index (κ3) is 7.69. The van der Waals surface area contributed by atoms with Crippen molar-refractivity contribution >= 4 is 43.4 Å². The van der Waals surface area contributed by atoms with Gasteiger partial charge in [-0.3, -0.25) is 0 Å². The monoisotopic (exact) mass is 881 g/mol. The summed E-state index contributed by atoms with van der Waals surface area (Å²) in [5.41, 5.74) is 17.0. The average molecular weight is 882 g/mol. The van der Waals surface area contributed by atoms with Crippen LogP contribution in [0.4, 0.5) is 0 Å². The van der Waals surface area contributed by atoms with Gasteiger partial charge in [-0.2, -0.15) is 0 Å². The van der Waals surface area contributed by atoms with Crippen LogP contribution in [0.3, 0.4) is 0 Å². The predicted octanol–water partition coefficient (Wildman–Crippen LogP) is 17.7. The minimum absolute atomic E-state index is 0.0746. The minimum atomic E-state index is -0.749. The smallest absolute Gasteiger partial charge is 0.104 e. The maximum Gasteiger partial charge on any atom is 0.104 e. The van der Waals surface area contributed by atoms with Crippen molar-refractivity contribution in [3.05, 3.63) is 268 Å². The third-order valence-corrected chi connectivity index (χ3v) is 14.3. The number of aliphatic hydroxyl groups is 1. The van der Waals surface area contributed by atoms with Gasteiger partial charge in [-0.05, 0) is 107 Å². The lowest BCUT2D eigenvalue weighted by Crippen LogP contribution is -2.04. The average Bonchev–Trinajstić information content (AvgIpc) is 3.93. The van der Waals surface area contributed by atoms with Crippen molar-refractivity contribution in [2.75, 3.05) is 0 Å². The molecule has 1 heterocycles. The summed E-state index contributed by atoms with van der Waals surface area (Å²) < 4.78 is 2.31. The number of hydrogen-bond donors (Lipinski definition) is 1. The van der Waals surface area contributed by atoms with Crippen molar-refractivity contribution in [2.24, 2.45) is 0 Å². The maximum absolute atomic E-state index is 11.8. The van der Waals surface area contributed by atoms with Crippen molar-refractivity contribution < 1.29 is 5.11 Å². The SMILES string of the molecule is CC.CC.CC(c1ccc2c(c1)-c1cc(C(C)c3cccc4ccccc34)ccc1C2c1ccc(C(O)c2ccc(-n3c4ccccc4c4ccccc43)cc2)cc1)c1cccc2ccccc12. The highest BCUT2D eigenvalue weighted by atomic mass is 16.3. The van der Waals surface area contributed by atoms with Gasteiger partial charge in [0.05, 0.1) is 11.0 Å². The molecule has 12 rings (SSSR count). The number of para-hydroxylation sites is 2. The Kier molecular flexibility index (Phi) is 12.4. The standard InChI is InChI=1S/C62H47NO.2C2H6/c1-39(49-21-11-15-41-13-3-5-17-51(41)49)46-31-35-55-57(37-46)58-38-47(40(2)50-22-12-16-42-14-4-6-18-52(42)50)32-36-56(58)61(55)43-25-27-44(28-26-43)62(64)45-29-33-48(34-30-45)63-59-23-9-7-19-53(59)54-20-8-10-24-60(54)63;2*1-2/h3-40,61-62,64H,1-2H3;2*1-2H3.